The van der Waals surface area contributed by atoms with E-state index in [1.165, 1.54) is 0 Å². The van der Waals surface area contributed by atoms with Gasteiger partial charge in [0.05, 0.1) is 5.92 Å². The van der Waals surface area contributed by atoms with E-state index in [0.29, 0.717) is 50.0 Å². The summed E-state index contributed by atoms with van der Waals surface area (Å²) in [5.74, 6) is 0.469. The van der Waals surface area contributed by atoms with Gasteiger partial charge >= 0.3 is 0 Å². The van der Waals surface area contributed by atoms with Gasteiger partial charge in [0.1, 0.15) is 0 Å². The van der Waals surface area contributed by atoms with Crippen LogP contribution < -0.4 is 0 Å². The van der Waals surface area contributed by atoms with E-state index < -0.39 is 0 Å². The number of nitrogens with zero attached hydrogens (tertiary/aromatic N) is 2. The number of aliphatic hydroxyl groups is 1. The Morgan fingerprint density at radius 2 is 1.84 bits per heavy atom. The lowest BCUT2D eigenvalue weighted by molar-refractivity contribution is -0.144. The Balaban J connectivity index is 1.59. The lowest BCUT2D eigenvalue weighted by atomic mass is 9.92. The molecule has 6 heteroatoms. The molecule has 25 heavy (non-hydrogen) atoms. The smallest absolute Gasteiger partial charge is 0.227 e. The van der Waals surface area contributed by atoms with Crippen molar-refractivity contribution in [1.29, 1.82) is 0 Å². The number of aliphatic hydroxyl groups excluding tert-OH is 1. The number of hydrogen-bond donors (Lipinski definition) is 1. The van der Waals surface area contributed by atoms with Gasteiger partial charge in [-0.2, -0.15) is 0 Å². The second-order valence-corrected chi connectivity index (χ2v) is 7.52. The fraction of sp³-hybridized carbons (Fsp3) is 0.579. The molecule has 2 aliphatic heterocycles. The first kappa shape index (κ1) is 18.2. The molecular weight excluding hydrogens is 340 g/mol. The number of rotatable bonds is 4. The molecule has 2 saturated heterocycles. The maximum Gasteiger partial charge on any atom is 0.227 e. The lowest BCUT2D eigenvalue weighted by Crippen LogP contribution is -2.48. The van der Waals surface area contributed by atoms with Gasteiger partial charge in [-0.05, 0) is 42.9 Å². The van der Waals surface area contributed by atoms with Crippen molar-refractivity contribution in [2.75, 3.05) is 26.2 Å². The third kappa shape index (κ3) is 4.53. The fourth-order valence-electron chi connectivity index (χ4n) is 3.67. The predicted molar refractivity (Wildman–Crippen MR) is 96.0 cm³/mol. The molecular formula is C19H25ClN2O3. The number of carbonyl (C=O) groups is 2. The van der Waals surface area contributed by atoms with E-state index in [2.05, 4.69) is 0 Å². The van der Waals surface area contributed by atoms with Crippen molar-refractivity contribution < 1.29 is 14.7 Å². The lowest BCUT2D eigenvalue weighted by Gasteiger charge is -2.37. The molecule has 0 spiro atoms. The highest BCUT2D eigenvalue weighted by molar-refractivity contribution is 6.30. The Bertz CT molecular complexity index is 612. The quantitative estimate of drug-likeness (QED) is 0.891. The van der Waals surface area contributed by atoms with Crippen LogP contribution in [0.1, 0.15) is 31.2 Å². The van der Waals surface area contributed by atoms with Crippen LogP contribution in [0.2, 0.25) is 5.02 Å². The van der Waals surface area contributed by atoms with Gasteiger partial charge < -0.3 is 14.9 Å². The summed E-state index contributed by atoms with van der Waals surface area (Å²) in [6, 6.07) is 7.47. The molecule has 0 aromatic heterocycles. The Morgan fingerprint density at radius 3 is 2.48 bits per heavy atom. The molecule has 136 valence electrons. The molecule has 3 rings (SSSR count). The van der Waals surface area contributed by atoms with Crippen molar-refractivity contribution in [3.8, 4) is 0 Å². The average molecular weight is 365 g/mol. The van der Waals surface area contributed by atoms with Gasteiger partial charge in [-0.15, -0.1) is 0 Å². The van der Waals surface area contributed by atoms with Crippen LogP contribution in [0.15, 0.2) is 24.3 Å². The minimum atomic E-state index is -0.115. The Hall–Kier alpha value is -1.59. The van der Waals surface area contributed by atoms with E-state index in [0.717, 1.165) is 18.4 Å². The topological polar surface area (TPSA) is 60.9 Å². The summed E-state index contributed by atoms with van der Waals surface area (Å²) in [5, 5.41) is 9.90. The standard InChI is InChI=1S/C19H25ClN2O3/c20-17-4-1-14(2-5-17)11-22-12-16(3-6-18(22)24)19(25)21-9-7-15(13-23)8-10-21/h1-2,4-5,15-16,23H,3,6-13H2/t16-/m0/s1. The summed E-state index contributed by atoms with van der Waals surface area (Å²) in [4.78, 5) is 28.7. The summed E-state index contributed by atoms with van der Waals surface area (Å²) in [5.41, 5.74) is 1.02. The molecule has 0 aliphatic carbocycles. The molecule has 1 aromatic carbocycles. The first-order valence-electron chi connectivity index (χ1n) is 8.98. The van der Waals surface area contributed by atoms with Crippen molar-refractivity contribution in [1.82, 2.24) is 9.80 Å². The van der Waals surface area contributed by atoms with Gasteiger partial charge in [0.15, 0.2) is 0 Å². The maximum atomic E-state index is 12.8. The zero-order valence-electron chi connectivity index (χ0n) is 14.4. The van der Waals surface area contributed by atoms with E-state index in [4.69, 9.17) is 11.6 Å². The van der Waals surface area contributed by atoms with Crippen molar-refractivity contribution in [2.45, 2.75) is 32.2 Å². The van der Waals surface area contributed by atoms with E-state index in [1.807, 2.05) is 29.2 Å². The van der Waals surface area contributed by atoms with Gasteiger partial charge in [0.25, 0.3) is 0 Å². The van der Waals surface area contributed by atoms with E-state index in [1.54, 1.807) is 4.90 Å². The maximum absolute atomic E-state index is 12.8. The number of benzene rings is 1. The summed E-state index contributed by atoms with van der Waals surface area (Å²) >= 11 is 5.91. The van der Waals surface area contributed by atoms with Crippen LogP contribution in [-0.2, 0) is 16.1 Å². The number of piperidine rings is 2. The third-order valence-corrected chi connectivity index (χ3v) is 5.57. The third-order valence-electron chi connectivity index (χ3n) is 5.32. The van der Waals surface area contributed by atoms with Gasteiger partial charge in [-0.25, -0.2) is 0 Å². The summed E-state index contributed by atoms with van der Waals surface area (Å²) in [7, 11) is 0. The van der Waals surface area contributed by atoms with Crippen molar-refractivity contribution in [3.63, 3.8) is 0 Å². The SMILES string of the molecule is O=C1CC[C@H](C(=O)N2CCC(CO)CC2)CN1Cc1ccc(Cl)cc1. The van der Waals surface area contributed by atoms with Crippen LogP contribution in [0.3, 0.4) is 0 Å². The number of likely N-dealkylation sites (tertiary alicyclic amines) is 2. The molecule has 2 heterocycles. The first-order chi connectivity index (χ1) is 12.1. The van der Waals surface area contributed by atoms with Crippen LogP contribution in [-0.4, -0.2) is 53.0 Å². The minimum Gasteiger partial charge on any atom is -0.396 e. The number of carbonyl (C=O) groups excluding carboxylic acids is 2. The van der Waals surface area contributed by atoms with Crippen LogP contribution in [0.4, 0.5) is 0 Å². The monoisotopic (exact) mass is 364 g/mol. The van der Waals surface area contributed by atoms with Gasteiger partial charge in [-0.1, -0.05) is 23.7 Å². The van der Waals surface area contributed by atoms with E-state index >= 15 is 0 Å². The van der Waals surface area contributed by atoms with Crippen LogP contribution in [0, 0.1) is 11.8 Å². The predicted octanol–water partition coefficient (Wildman–Crippen LogP) is 2.31. The number of hydrogen-bond acceptors (Lipinski definition) is 3. The van der Waals surface area contributed by atoms with Gasteiger partial charge in [0, 0.05) is 44.2 Å². The molecule has 5 nitrogen and oxygen atoms in total. The van der Waals surface area contributed by atoms with Crippen LogP contribution in [0.25, 0.3) is 0 Å². The van der Waals surface area contributed by atoms with Gasteiger partial charge in [0.2, 0.25) is 11.8 Å². The molecule has 0 unspecified atom stereocenters. The second-order valence-electron chi connectivity index (χ2n) is 7.09. The van der Waals surface area contributed by atoms with Crippen LogP contribution in [0.5, 0.6) is 0 Å². The summed E-state index contributed by atoms with van der Waals surface area (Å²) in [6.07, 6.45) is 2.79. The highest BCUT2D eigenvalue weighted by Gasteiger charge is 2.34. The first-order valence-corrected chi connectivity index (χ1v) is 9.36. The van der Waals surface area contributed by atoms with Gasteiger partial charge in [-0.3, -0.25) is 9.59 Å². The Labute approximate surface area is 153 Å². The van der Waals surface area contributed by atoms with Crippen molar-refractivity contribution in [2.24, 2.45) is 11.8 Å². The molecule has 1 atom stereocenters. The fourth-order valence-corrected chi connectivity index (χ4v) is 3.80. The Morgan fingerprint density at radius 1 is 1.16 bits per heavy atom. The molecule has 0 bridgehead atoms. The minimum absolute atomic E-state index is 0.109. The van der Waals surface area contributed by atoms with E-state index in [9.17, 15) is 14.7 Å². The average Bonchev–Trinajstić information content (AvgIpc) is 2.65. The number of amides is 2. The van der Waals surface area contributed by atoms with Crippen molar-refractivity contribution >= 4 is 23.4 Å². The second kappa shape index (κ2) is 8.19. The van der Waals surface area contributed by atoms with E-state index in [-0.39, 0.29) is 24.3 Å². The largest absolute Gasteiger partial charge is 0.396 e. The highest BCUT2D eigenvalue weighted by atomic mass is 35.5. The molecule has 1 aromatic rings. The molecule has 0 radical (unpaired) electrons. The number of halogens is 1. The molecule has 2 fully saturated rings. The zero-order chi connectivity index (χ0) is 17.8. The molecule has 2 amide bonds. The molecule has 1 N–H and O–H groups in total. The normalized spacial score (nSPS) is 22.3. The van der Waals surface area contributed by atoms with Crippen molar-refractivity contribution in [3.05, 3.63) is 34.9 Å². The summed E-state index contributed by atoms with van der Waals surface area (Å²) in [6.45, 7) is 2.64. The van der Waals surface area contributed by atoms with Crippen LogP contribution >= 0.6 is 11.6 Å². The highest BCUT2D eigenvalue weighted by Crippen LogP contribution is 2.25. The molecule has 0 saturated carbocycles. The zero-order valence-corrected chi connectivity index (χ0v) is 15.1. The Kier molecular flexibility index (Phi) is 5.97. The molecule has 2 aliphatic rings. The summed E-state index contributed by atoms with van der Waals surface area (Å²) < 4.78 is 0.